The number of carbonyl (C=O) groups is 3. The van der Waals surface area contributed by atoms with Crippen LogP contribution in [-0.2, 0) is 10.3 Å². The van der Waals surface area contributed by atoms with Gasteiger partial charge in [-0.05, 0) is 42.2 Å². The number of amides is 3. The molecule has 0 unspecified atom stereocenters. The maximum absolute atomic E-state index is 13.1. The molecule has 3 rings (SSSR count). The summed E-state index contributed by atoms with van der Waals surface area (Å²) in [5, 5.41) is 2.73. The maximum Gasteiger partial charge on any atom is 0.325 e. The van der Waals surface area contributed by atoms with Crippen molar-refractivity contribution in [3.8, 4) is 11.5 Å². The fourth-order valence-electron chi connectivity index (χ4n) is 3.50. The van der Waals surface area contributed by atoms with E-state index in [1.807, 2.05) is 24.3 Å². The average Bonchev–Trinajstić information content (AvgIpc) is 2.97. The van der Waals surface area contributed by atoms with Gasteiger partial charge in [0.15, 0.2) is 5.78 Å². The van der Waals surface area contributed by atoms with E-state index in [0.717, 1.165) is 10.5 Å². The molecule has 1 atom stereocenters. The van der Waals surface area contributed by atoms with Crippen molar-refractivity contribution in [3.05, 3.63) is 59.2 Å². The minimum absolute atomic E-state index is 0.243. The van der Waals surface area contributed by atoms with E-state index in [1.165, 1.54) is 20.3 Å². The van der Waals surface area contributed by atoms with Crippen molar-refractivity contribution in [2.24, 2.45) is 0 Å². The number of nitrogens with zero attached hydrogens (tertiary/aromatic N) is 1. The van der Waals surface area contributed by atoms with Gasteiger partial charge in [0, 0.05) is 0 Å². The van der Waals surface area contributed by atoms with Crippen molar-refractivity contribution in [1.82, 2.24) is 10.2 Å². The number of rotatable bonds is 7. The normalized spacial score (nSPS) is 18.5. The van der Waals surface area contributed by atoms with Gasteiger partial charge in [-0.15, -0.1) is 0 Å². The van der Waals surface area contributed by atoms with Crippen molar-refractivity contribution in [1.29, 1.82) is 0 Å². The first-order valence-electron chi connectivity index (χ1n) is 9.71. The minimum atomic E-state index is -1.23. The Morgan fingerprint density at radius 3 is 2.30 bits per heavy atom. The topological polar surface area (TPSA) is 84.9 Å². The van der Waals surface area contributed by atoms with Crippen LogP contribution >= 0.6 is 0 Å². The van der Waals surface area contributed by atoms with Crippen LogP contribution in [0.25, 0.3) is 0 Å². The molecule has 0 spiro atoms. The molecule has 1 N–H and O–H groups in total. The summed E-state index contributed by atoms with van der Waals surface area (Å²) in [7, 11) is 2.94. The molecule has 1 heterocycles. The Kier molecular flexibility index (Phi) is 5.82. The second kappa shape index (κ2) is 8.18. The second-order valence-corrected chi connectivity index (χ2v) is 7.71. The van der Waals surface area contributed by atoms with E-state index in [1.54, 1.807) is 19.1 Å². The van der Waals surface area contributed by atoms with E-state index in [-0.39, 0.29) is 5.56 Å². The van der Waals surface area contributed by atoms with Crippen molar-refractivity contribution in [2.75, 3.05) is 20.8 Å². The number of urea groups is 1. The van der Waals surface area contributed by atoms with Gasteiger partial charge in [0.1, 0.15) is 17.0 Å². The summed E-state index contributed by atoms with van der Waals surface area (Å²) in [4.78, 5) is 39.6. The third kappa shape index (κ3) is 3.75. The number of carbonyl (C=O) groups excluding carboxylic acids is 3. The highest BCUT2D eigenvalue weighted by Gasteiger charge is 2.49. The van der Waals surface area contributed by atoms with Crippen LogP contribution < -0.4 is 14.8 Å². The third-order valence-electron chi connectivity index (χ3n) is 5.44. The maximum atomic E-state index is 13.1. The van der Waals surface area contributed by atoms with E-state index >= 15 is 0 Å². The summed E-state index contributed by atoms with van der Waals surface area (Å²) in [6.07, 6.45) is 0. The highest BCUT2D eigenvalue weighted by molar-refractivity contribution is 6.11. The molecular weight excluding hydrogens is 384 g/mol. The number of ether oxygens (including phenoxy) is 2. The van der Waals surface area contributed by atoms with Crippen LogP contribution in [0, 0.1) is 0 Å². The molecule has 0 aromatic heterocycles. The zero-order chi connectivity index (χ0) is 22.1. The van der Waals surface area contributed by atoms with E-state index < -0.39 is 29.8 Å². The summed E-state index contributed by atoms with van der Waals surface area (Å²) in [6.45, 7) is 5.42. The summed E-state index contributed by atoms with van der Waals surface area (Å²) >= 11 is 0. The fraction of sp³-hybridized carbons (Fsp3) is 0.348. The molecule has 0 aliphatic carbocycles. The molecule has 0 bridgehead atoms. The first kappa shape index (κ1) is 21.4. The molecule has 7 heteroatoms. The highest BCUT2D eigenvalue weighted by atomic mass is 16.5. The van der Waals surface area contributed by atoms with Crippen molar-refractivity contribution < 1.29 is 23.9 Å². The smallest absolute Gasteiger partial charge is 0.325 e. The minimum Gasteiger partial charge on any atom is -0.497 e. The molecule has 7 nitrogen and oxygen atoms in total. The first-order chi connectivity index (χ1) is 14.2. The van der Waals surface area contributed by atoms with Crippen LogP contribution in [0.2, 0.25) is 0 Å². The van der Waals surface area contributed by atoms with Gasteiger partial charge in [0.05, 0.1) is 26.3 Å². The van der Waals surface area contributed by atoms with Crippen LogP contribution in [0.15, 0.2) is 42.5 Å². The Balaban J connectivity index is 1.85. The summed E-state index contributed by atoms with van der Waals surface area (Å²) < 4.78 is 10.4. The lowest BCUT2D eigenvalue weighted by molar-refractivity contribution is -0.130. The number of methoxy groups -OCH3 is 2. The molecule has 1 aliphatic heterocycles. The lowest BCUT2D eigenvalue weighted by Gasteiger charge is -2.23. The zero-order valence-corrected chi connectivity index (χ0v) is 17.8. The van der Waals surface area contributed by atoms with Crippen LogP contribution in [0.4, 0.5) is 4.79 Å². The second-order valence-electron chi connectivity index (χ2n) is 7.71. The number of Topliss-reactive ketones (excluding diaryl/α,β-unsaturated/α-hetero) is 1. The summed E-state index contributed by atoms with van der Waals surface area (Å²) in [5.74, 6) is 0.285. The molecule has 1 fully saturated rings. The number of imide groups is 1. The summed E-state index contributed by atoms with van der Waals surface area (Å²) in [5.41, 5.74) is 0.813. The number of hydrogen-bond acceptors (Lipinski definition) is 5. The number of benzene rings is 2. The molecule has 2 aromatic rings. The first-order valence-corrected chi connectivity index (χ1v) is 9.71. The quantitative estimate of drug-likeness (QED) is 0.558. The van der Waals surface area contributed by atoms with Gasteiger partial charge in [-0.1, -0.05) is 38.1 Å². The van der Waals surface area contributed by atoms with Crippen molar-refractivity contribution >= 4 is 17.7 Å². The lowest BCUT2D eigenvalue weighted by atomic mass is 9.90. The molecule has 3 amide bonds. The third-order valence-corrected chi connectivity index (χ3v) is 5.44. The van der Waals surface area contributed by atoms with Crippen LogP contribution in [0.3, 0.4) is 0 Å². The number of ketones is 1. The van der Waals surface area contributed by atoms with E-state index in [2.05, 4.69) is 19.2 Å². The zero-order valence-electron chi connectivity index (χ0n) is 17.8. The van der Waals surface area contributed by atoms with E-state index in [0.29, 0.717) is 23.0 Å². The molecule has 1 aliphatic rings. The molecule has 158 valence electrons. The van der Waals surface area contributed by atoms with Gasteiger partial charge in [-0.2, -0.15) is 0 Å². The van der Waals surface area contributed by atoms with Crippen LogP contribution in [0.1, 0.15) is 48.2 Å². The van der Waals surface area contributed by atoms with Crippen LogP contribution in [-0.4, -0.2) is 43.4 Å². The molecule has 0 saturated carbocycles. The lowest BCUT2D eigenvalue weighted by Crippen LogP contribution is -2.41. The van der Waals surface area contributed by atoms with Gasteiger partial charge in [-0.3, -0.25) is 14.5 Å². The SMILES string of the molecule is COc1ccc(OC)c(C(=O)CN2C(=O)N[C@@](C)(c3ccc(C(C)C)cc3)C2=O)c1. The molecular formula is C23H26N2O5. The Morgan fingerprint density at radius 2 is 1.73 bits per heavy atom. The Morgan fingerprint density at radius 1 is 1.07 bits per heavy atom. The fourth-order valence-corrected chi connectivity index (χ4v) is 3.50. The van der Waals surface area contributed by atoms with Crippen molar-refractivity contribution in [2.45, 2.75) is 32.2 Å². The van der Waals surface area contributed by atoms with Gasteiger partial charge < -0.3 is 14.8 Å². The Labute approximate surface area is 176 Å². The van der Waals surface area contributed by atoms with E-state index in [9.17, 15) is 14.4 Å². The number of nitrogens with one attached hydrogen (secondary N) is 1. The van der Waals surface area contributed by atoms with Gasteiger partial charge in [0.25, 0.3) is 5.91 Å². The van der Waals surface area contributed by atoms with Crippen LogP contribution in [0.5, 0.6) is 11.5 Å². The predicted molar refractivity (Wildman–Crippen MR) is 112 cm³/mol. The number of hydrogen-bond donors (Lipinski definition) is 1. The summed E-state index contributed by atoms with van der Waals surface area (Å²) in [6, 6.07) is 11.8. The predicted octanol–water partition coefficient (Wildman–Crippen LogP) is 3.48. The van der Waals surface area contributed by atoms with E-state index in [4.69, 9.17) is 9.47 Å². The van der Waals surface area contributed by atoms with Gasteiger partial charge in [-0.25, -0.2) is 4.79 Å². The Bertz CT molecular complexity index is 984. The molecule has 30 heavy (non-hydrogen) atoms. The van der Waals surface area contributed by atoms with Crippen molar-refractivity contribution in [3.63, 3.8) is 0 Å². The highest BCUT2D eigenvalue weighted by Crippen LogP contribution is 2.31. The Hall–Kier alpha value is -3.35. The monoisotopic (exact) mass is 410 g/mol. The standard InChI is InChI=1S/C23H26N2O5/c1-14(2)15-6-8-16(9-7-15)23(3)21(27)25(22(28)24-23)13-19(26)18-12-17(29-4)10-11-20(18)30-5/h6-12,14H,13H2,1-5H3,(H,24,28)/t23-/m0/s1. The average molecular weight is 410 g/mol. The molecule has 2 aromatic carbocycles. The molecule has 0 radical (unpaired) electrons. The van der Waals surface area contributed by atoms with Gasteiger partial charge >= 0.3 is 6.03 Å². The molecule has 1 saturated heterocycles. The van der Waals surface area contributed by atoms with Gasteiger partial charge in [0.2, 0.25) is 0 Å². The largest absolute Gasteiger partial charge is 0.497 e.